The van der Waals surface area contributed by atoms with Crippen molar-refractivity contribution in [2.45, 2.75) is 92.2 Å². The highest BCUT2D eigenvalue weighted by Gasteiger charge is 2.24. The monoisotopic (exact) mass is 478 g/mol. The maximum absolute atomic E-state index is 13.1. The van der Waals surface area contributed by atoms with Crippen LogP contribution in [0.2, 0.25) is 0 Å². The van der Waals surface area contributed by atoms with Crippen molar-refractivity contribution in [3.63, 3.8) is 0 Å². The van der Waals surface area contributed by atoms with Gasteiger partial charge in [-0.05, 0) is 38.5 Å². The van der Waals surface area contributed by atoms with Gasteiger partial charge in [0.2, 0.25) is 0 Å². The SMILES string of the molecule is CC(C)CCCC(C)n1c(=O)c2sc3c(=O)n(C(C)CCCC(C)C)c(=O)c3sc2c1=O. The molecular weight excluding hydrogens is 444 g/mol. The molecule has 0 saturated carbocycles. The number of aromatic nitrogens is 2. The molecular formula is C24H34N2O4S2. The third-order valence-electron chi connectivity index (χ3n) is 6.16. The molecule has 32 heavy (non-hydrogen) atoms. The van der Waals surface area contributed by atoms with Gasteiger partial charge in [0.1, 0.15) is 18.8 Å². The van der Waals surface area contributed by atoms with Crippen LogP contribution in [0, 0.1) is 11.8 Å². The molecule has 0 radical (unpaired) electrons. The molecule has 0 aromatic carbocycles. The molecule has 0 aliphatic rings. The Labute approximate surface area is 195 Å². The first-order valence-electron chi connectivity index (χ1n) is 11.6. The van der Waals surface area contributed by atoms with Crippen LogP contribution in [0.5, 0.6) is 0 Å². The first-order valence-corrected chi connectivity index (χ1v) is 13.3. The van der Waals surface area contributed by atoms with Gasteiger partial charge in [0, 0.05) is 12.1 Å². The van der Waals surface area contributed by atoms with E-state index in [9.17, 15) is 19.2 Å². The minimum Gasteiger partial charge on any atom is -0.270 e. The van der Waals surface area contributed by atoms with Gasteiger partial charge in [-0.25, -0.2) is 0 Å². The fraction of sp³-hybridized carbons (Fsp3) is 0.667. The van der Waals surface area contributed by atoms with E-state index in [2.05, 4.69) is 27.7 Å². The van der Waals surface area contributed by atoms with Crippen molar-refractivity contribution in [1.29, 1.82) is 0 Å². The van der Waals surface area contributed by atoms with E-state index in [-0.39, 0.29) is 34.3 Å². The number of rotatable bonds is 10. The number of fused-ring (bicyclic) bond motifs is 2. The summed E-state index contributed by atoms with van der Waals surface area (Å²) in [4.78, 5) is 52.3. The van der Waals surface area contributed by atoms with Crippen LogP contribution in [0.1, 0.15) is 92.2 Å². The third-order valence-corrected chi connectivity index (χ3v) is 8.75. The molecule has 0 bridgehead atoms. The summed E-state index contributed by atoms with van der Waals surface area (Å²) in [6.07, 6.45) is 5.46. The summed E-state index contributed by atoms with van der Waals surface area (Å²) < 4.78 is 3.81. The molecule has 0 spiro atoms. The van der Waals surface area contributed by atoms with Crippen LogP contribution < -0.4 is 22.2 Å². The van der Waals surface area contributed by atoms with Crippen LogP contribution in [0.15, 0.2) is 19.2 Å². The van der Waals surface area contributed by atoms with Crippen molar-refractivity contribution >= 4 is 41.5 Å². The van der Waals surface area contributed by atoms with Gasteiger partial charge in [0.05, 0.1) is 0 Å². The maximum atomic E-state index is 13.1. The summed E-state index contributed by atoms with van der Waals surface area (Å²) in [6.45, 7) is 12.4. The Bertz CT molecular complexity index is 1140. The van der Waals surface area contributed by atoms with Gasteiger partial charge in [-0.3, -0.25) is 28.3 Å². The molecule has 3 rings (SSSR count). The van der Waals surface area contributed by atoms with E-state index in [0.717, 1.165) is 61.2 Å². The van der Waals surface area contributed by atoms with E-state index in [0.29, 0.717) is 30.6 Å². The Morgan fingerprint density at radius 3 is 1.06 bits per heavy atom. The van der Waals surface area contributed by atoms with E-state index in [1.54, 1.807) is 0 Å². The zero-order valence-corrected chi connectivity index (χ0v) is 21.5. The van der Waals surface area contributed by atoms with Crippen LogP contribution in [0.25, 0.3) is 18.8 Å². The van der Waals surface area contributed by atoms with Gasteiger partial charge in [-0.15, -0.1) is 22.7 Å². The van der Waals surface area contributed by atoms with Gasteiger partial charge in [-0.1, -0.05) is 53.4 Å². The third kappa shape index (κ3) is 4.76. The Balaban J connectivity index is 2.03. The molecule has 0 saturated heterocycles. The second kappa shape index (κ2) is 10.00. The lowest BCUT2D eigenvalue weighted by molar-refractivity contribution is 0.437. The van der Waals surface area contributed by atoms with Crippen LogP contribution in [0.4, 0.5) is 0 Å². The minimum atomic E-state index is -0.338. The van der Waals surface area contributed by atoms with Gasteiger partial charge in [-0.2, -0.15) is 0 Å². The fourth-order valence-corrected chi connectivity index (χ4v) is 6.65. The molecule has 0 fully saturated rings. The molecule has 3 aromatic heterocycles. The van der Waals surface area contributed by atoms with Crippen LogP contribution in [-0.2, 0) is 0 Å². The van der Waals surface area contributed by atoms with Crippen molar-refractivity contribution in [3.8, 4) is 0 Å². The predicted octanol–water partition coefficient (Wildman–Crippen LogP) is 5.37. The molecule has 0 aliphatic heterocycles. The first-order chi connectivity index (χ1) is 15.0. The summed E-state index contributed by atoms with van der Waals surface area (Å²) in [5.74, 6) is 1.15. The molecule has 6 nitrogen and oxygen atoms in total. The van der Waals surface area contributed by atoms with Gasteiger partial charge in [0.15, 0.2) is 0 Å². The first kappa shape index (κ1) is 24.8. The maximum Gasteiger partial charge on any atom is 0.272 e. The summed E-state index contributed by atoms with van der Waals surface area (Å²) in [6, 6.07) is -0.418. The van der Waals surface area contributed by atoms with Crippen LogP contribution >= 0.6 is 22.7 Å². The van der Waals surface area contributed by atoms with Crippen molar-refractivity contribution in [3.05, 3.63) is 41.4 Å². The summed E-state index contributed by atoms with van der Waals surface area (Å²) in [5, 5.41) is 0. The van der Waals surface area contributed by atoms with Crippen molar-refractivity contribution in [1.82, 2.24) is 9.13 Å². The highest BCUT2D eigenvalue weighted by Crippen LogP contribution is 2.28. The van der Waals surface area contributed by atoms with E-state index in [1.807, 2.05) is 13.8 Å². The molecule has 3 aromatic rings. The molecule has 0 amide bonds. The van der Waals surface area contributed by atoms with E-state index in [4.69, 9.17) is 0 Å². The molecule has 2 unspecified atom stereocenters. The Kier molecular flexibility index (Phi) is 7.76. The number of nitrogens with zero attached hydrogens (tertiary/aromatic N) is 2. The van der Waals surface area contributed by atoms with Gasteiger partial charge in [0.25, 0.3) is 22.2 Å². The molecule has 2 atom stereocenters. The normalized spacial score (nSPS) is 14.2. The standard InChI is InChI=1S/C24H34N2O4S2/c1-13(2)9-7-11-15(5)25-21(27)17-18(22(25)28)32-20-19(31-17)23(29)26(24(20)30)16(6)12-8-10-14(3)4/h13-16H,7-12H2,1-6H3. The molecule has 3 heterocycles. The van der Waals surface area contributed by atoms with E-state index in [1.165, 1.54) is 9.13 Å². The minimum absolute atomic E-state index is 0.209. The van der Waals surface area contributed by atoms with Gasteiger partial charge < -0.3 is 0 Å². The Morgan fingerprint density at radius 2 is 0.812 bits per heavy atom. The topological polar surface area (TPSA) is 78.1 Å². The largest absolute Gasteiger partial charge is 0.272 e. The zero-order chi connectivity index (χ0) is 23.7. The molecule has 0 aliphatic carbocycles. The average Bonchev–Trinajstić information content (AvgIpc) is 3.10. The lowest BCUT2D eigenvalue weighted by atomic mass is 10.0. The molecule has 176 valence electrons. The smallest absolute Gasteiger partial charge is 0.270 e. The highest BCUT2D eigenvalue weighted by atomic mass is 32.1. The van der Waals surface area contributed by atoms with Crippen molar-refractivity contribution in [2.75, 3.05) is 0 Å². The second-order valence-corrected chi connectivity index (χ2v) is 11.9. The number of hydrogen-bond donors (Lipinski definition) is 0. The average molecular weight is 479 g/mol. The zero-order valence-electron chi connectivity index (χ0n) is 19.9. The van der Waals surface area contributed by atoms with Gasteiger partial charge >= 0.3 is 0 Å². The Hall–Kier alpha value is -1.80. The van der Waals surface area contributed by atoms with Crippen LogP contribution in [0.3, 0.4) is 0 Å². The van der Waals surface area contributed by atoms with E-state index < -0.39 is 0 Å². The fourth-order valence-electron chi connectivity index (χ4n) is 4.28. The van der Waals surface area contributed by atoms with E-state index >= 15 is 0 Å². The molecule has 0 N–H and O–H groups in total. The summed E-state index contributed by atoms with van der Waals surface area (Å²) in [5.41, 5.74) is -1.35. The highest BCUT2D eigenvalue weighted by molar-refractivity contribution is 7.36. The van der Waals surface area contributed by atoms with Crippen molar-refractivity contribution in [2.24, 2.45) is 11.8 Å². The Morgan fingerprint density at radius 1 is 0.531 bits per heavy atom. The second-order valence-electron chi connectivity index (χ2n) is 9.83. The van der Waals surface area contributed by atoms with Crippen LogP contribution in [-0.4, -0.2) is 9.13 Å². The summed E-state index contributed by atoms with van der Waals surface area (Å²) in [7, 11) is 0. The lowest BCUT2D eigenvalue weighted by Crippen LogP contribution is -2.29. The summed E-state index contributed by atoms with van der Waals surface area (Å²) >= 11 is 2.02. The molecule has 8 heteroatoms. The number of hydrogen-bond acceptors (Lipinski definition) is 6. The van der Waals surface area contributed by atoms with Crippen molar-refractivity contribution < 1.29 is 0 Å². The lowest BCUT2D eigenvalue weighted by Gasteiger charge is -2.12. The predicted molar refractivity (Wildman–Crippen MR) is 136 cm³/mol. The quantitative estimate of drug-likeness (QED) is 0.392.